The minimum Gasteiger partial charge on any atom is -0.550 e. The van der Waals surface area contributed by atoms with Gasteiger partial charge in [-0.3, -0.25) is 0 Å². The third-order valence-corrected chi connectivity index (χ3v) is 2.29. The van der Waals surface area contributed by atoms with E-state index in [-0.39, 0.29) is 36.0 Å². The van der Waals surface area contributed by atoms with Crippen molar-refractivity contribution in [3.05, 3.63) is 0 Å². The normalized spacial score (nSPS) is 9.67. The number of carbonyl (C=O) groups is 1. The van der Waals surface area contributed by atoms with Crippen LogP contribution in [0.1, 0.15) is 57.8 Å². The maximum absolute atomic E-state index is 10.1. The van der Waals surface area contributed by atoms with Gasteiger partial charge in [-0.15, -0.1) is 0 Å². The molecule has 84 valence electrons. The van der Waals surface area contributed by atoms with Gasteiger partial charge >= 0.3 is 29.6 Å². The Kier molecular flexibility index (Phi) is 17.1. The summed E-state index contributed by atoms with van der Waals surface area (Å²) in [6.07, 6.45) is 8.63. The first-order chi connectivity index (χ1) is 6.77. The molecular weight excluding hydrogens is 203 g/mol. The predicted octanol–water partition coefficient (Wildman–Crippen LogP) is -1.76. The van der Waals surface area contributed by atoms with Crippen LogP contribution in [0.3, 0.4) is 0 Å². The molecule has 0 fully saturated rings. The Labute approximate surface area is 115 Å². The SMILES string of the molecule is O=C([O-])CCCCCCCCCCO.[Na+]. The quantitative estimate of drug-likeness (QED) is 0.353. The van der Waals surface area contributed by atoms with E-state index in [1.165, 1.54) is 19.3 Å². The Balaban J connectivity index is 0. The fourth-order valence-corrected chi connectivity index (χ4v) is 1.44. The van der Waals surface area contributed by atoms with Crippen molar-refractivity contribution in [3.63, 3.8) is 0 Å². The van der Waals surface area contributed by atoms with Crippen molar-refractivity contribution in [1.82, 2.24) is 0 Å². The monoisotopic (exact) mass is 224 g/mol. The van der Waals surface area contributed by atoms with Crippen molar-refractivity contribution in [2.24, 2.45) is 0 Å². The summed E-state index contributed by atoms with van der Waals surface area (Å²) in [6, 6.07) is 0. The fraction of sp³-hybridized carbons (Fsp3) is 0.909. The molecule has 0 saturated carbocycles. The zero-order chi connectivity index (χ0) is 10.6. The maximum atomic E-state index is 10.1. The van der Waals surface area contributed by atoms with Gasteiger partial charge in [0.2, 0.25) is 0 Å². The summed E-state index contributed by atoms with van der Waals surface area (Å²) < 4.78 is 0. The molecule has 3 nitrogen and oxygen atoms in total. The second-order valence-corrected chi connectivity index (χ2v) is 3.67. The Bertz CT molecular complexity index is 140. The number of carbonyl (C=O) groups excluding carboxylic acids is 1. The first-order valence-electron chi connectivity index (χ1n) is 5.58. The van der Waals surface area contributed by atoms with Gasteiger partial charge < -0.3 is 15.0 Å². The molecule has 0 aliphatic rings. The van der Waals surface area contributed by atoms with E-state index in [2.05, 4.69) is 0 Å². The zero-order valence-electron chi connectivity index (χ0n) is 9.83. The molecule has 0 rings (SSSR count). The molecule has 0 spiro atoms. The van der Waals surface area contributed by atoms with E-state index in [1.54, 1.807) is 0 Å². The van der Waals surface area contributed by atoms with E-state index in [1.807, 2.05) is 0 Å². The van der Waals surface area contributed by atoms with Gasteiger partial charge in [0.15, 0.2) is 0 Å². The van der Waals surface area contributed by atoms with Gasteiger partial charge in [0.1, 0.15) is 0 Å². The molecule has 1 N–H and O–H groups in total. The minimum absolute atomic E-state index is 0. The van der Waals surface area contributed by atoms with Crippen LogP contribution in [-0.2, 0) is 4.79 Å². The van der Waals surface area contributed by atoms with E-state index in [0.717, 1.165) is 32.1 Å². The molecule has 0 radical (unpaired) electrons. The van der Waals surface area contributed by atoms with Crippen LogP contribution >= 0.6 is 0 Å². The van der Waals surface area contributed by atoms with Crippen LogP contribution in [-0.4, -0.2) is 17.7 Å². The van der Waals surface area contributed by atoms with Crippen LogP contribution in [0.15, 0.2) is 0 Å². The smallest absolute Gasteiger partial charge is 0.550 e. The van der Waals surface area contributed by atoms with E-state index >= 15 is 0 Å². The van der Waals surface area contributed by atoms with Crippen LogP contribution in [0.4, 0.5) is 0 Å². The third kappa shape index (κ3) is 17.1. The summed E-state index contributed by atoms with van der Waals surface area (Å²) in [5.74, 6) is -0.937. The van der Waals surface area contributed by atoms with Gasteiger partial charge in [0.05, 0.1) is 0 Å². The largest absolute Gasteiger partial charge is 1.00 e. The van der Waals surface area contributed by atoms with Gasteiger partial charge in [-0.2, -0.15) is 0 Å². The molecule has 0 saturated heterocycles. The number of aliphatic hydroxyl groups excluding tert-OH is 1. The molecule has 0 unspecified atom stereocenters. The maximum Gasteiger partial charge on any atom is 1.00 e. The second kappa shape index (κ2) is 14.4. The number of unbranched alkanes of at least 4 members (excludes halogenated alkanes) is 7. The van der Waals surface area contributed by atoms with Crippen molar-refractivity contribution in [3.8, 4) is 0 Å². The standard InChI is InChI=1S/C11H22O3.Na/c12-10-8-6-4-2-1-3-5-7-9-11(13)14;/h12H,1-10H2,(H,13,14);/q;+1/p-1. The third-order valence-electron chi connectivity index (χ3n) is 2.29. The van der Waals surface area contributed by atoms with Crippen molar-refractivity contribution < 1.29 is 44.6 Å². The zero-order valence-corrected chi connectivity index (χ0v) is 11.8. The predicted molar refractivity (Wildman–Crippen MR) is 53.6 cm³/mol. The number of rotatable bonds is 10. The average molecular weight is 224 g/mol. The van der Waals surface area contributed by atoms with Crippen LogP contribution in [0, 0.1) is 0 Å². The van der Waals surface area contributed by atoms with Crippen molar-refractivity contribution in [2.45, 2.75) is 57.8 Å². The van der Waals surface area contributed by atoms with Crippen molar-refractivity contribution >= 4 is 5.97 Å². The minimum atomic E-state index is -0.937. The summed E-state index contributed by atoms with van der Waals surface area (Å²) in [5, 5.41) is 18.6. The van der Waals surface area contributed by atoms with E-state index < -0.39 is 5.97 Å². The molecule has 0 aromatic heterocycles. The molecule has 0 atom stereocenters. The number of hydrogen-bond acceptors (Lipinski definition) is 3. The number of carboxylic acids is 1. The topological polar surface area (TPSA) is 60.4 Å². The molecule has 0 aliphatic heterocycles. The van der Waals surface area contributed by atoms with Gasteiger partial charge in [-0.1, -0.05) is 38.5 Å². The molecule has 0 bridgehead atoms. The second-order valence-electron chi connectivity index (χ2n) is 3.67. The van der Waals surface area contributed by atoms with Gasteiger partial charge in [0, 0.05) is 12.6 Å². The number of aliphatic hydroxyl groups is 1. The Morgan fingerprint density at radius 3 is 1.67 bits per heavy atom. The molecule has 0 aromatic carbocycles. The number of aliphatic carboxylic acids is 1. The van der Waals surface area contributed by atoms with Crippen LogP contribution in [0.5, 0.6) is 0 Å². The van der Waals surface area contributed by atoms with Gasteiger partial charge in [-0.25, -0.2) is 0 Å². The summed E-state index contributed by atoms with van der Waals surface area (Å²) in [5.41, 5.74) is 0. The molecule has 0 aliphatic carbocycles. The van der Waals surface area contributed by atoms with Crippen molar-refractivity contribution in [2.75, 3.05) is 6.61 Å². The van der Waals surface area contributed by atoms with Gasteiger partial charge in [0.25, 0.3) is 0 Å². The first-order valence-corrected chi connectivity index (χ1v) is 5.58. The van der Waals surface area contributed by atoms with Crippen molar-refractivity contribution in [1.29, 1.82) is 0 Å². The average Bonchev–Trinajstić information content (AvgIpc) is 2.15. The number of carboxylic acid groups (broad SMARTS) is 1. The molecular formula is C11H21NaO3. The first kappa shape index (κ1) is 17.8. The molecule has 15 heavy (non-hydrogen) atoms. The van der Waals surface area contributed by atoms with Crippen LogP contribution in [0.25, 0.3) is 0 Å². The van der Waals surface area contributed by atoms with Crippen LogP contribution < -0.4 is 34.7 Å². The van der Waals surface area contributed by atoms with E-state index in [4.69, 9.17) is 5.11 Å². The summed E-state index contributed by atoms with van der Waals surface area (Å²) in [7, 11) is 0. The summed E-state index contributed by atoms with van der Waals surface area (Å²) >= 11 is 0. The fourth-order valence-electron chi connectivity index (χ4n) is 1.44. The van der Waals surface area contributed by atoms with Gasteiger partial charge in [-0.05, 0) is 19.3 Å². The molecule has 0 amide bonds. The summed E-state index contributed by atoms with van der Waals surface area (Å²) in [4.78, 5) is 10.1. The number of hydrogen-bond donors (Lipinski definition) is 1. The molecule has 0 aromatic rings. The summed E-state index contributed by atoms with van der Waals surface area (Å²) in [6.45, 7) is 0.297. The molecule has 4 heteroatoms. The van der Waals surface area contributed by atoms with E-state index in [9.17, 15) is 9.90 Å². The Morgan fingerprint density at radius 1 is 0.867 bits per heavy atom. The molecule has 0 heterocycles. The van der Waals surface area contributed by atoms with E-state index in [0.29, 0.717) is 6.61 Å². The van der Waals surface area contributed by atoms with Crippen LogP contribution in [0.2, 0.25) is 0 Å². The Morgan fingerprint density at radius 2 is 1.27 bits per heavy atom. The Hall–Kier alpha value is 0.430.